The lowest BCUT2D eigenvalue weighted by Gasteiger charge is -1.86. The lowest BCUT2D eigenvalue weighted by Crippen LogP contribution is -1.95. The van der Waals surface area contributed by atoms with Gasteiger partial charge < -0.3 is 5.11 Å². The Morgan fingerprint density at radius 1 is 1.60 bits per heavy atom. The molecule has 0 saturated carbocycles. The molecule has 0 aromatic carbocycles. The van der Waals surface area contributed by atoms with Crippen LogP contribution in [0.4, 0.5) is 0 Å². The van der Waals surface area contributed by atoms with Crippen molar-refractivity contribution in [3.05, 3.63) is 26.5 Å². The number of aromatic carboxylic acids is 1. The smallest absolute Gasteiger partial charge is 0.355 e. The number of aryl methyl sites for hydroxylation is 1. The van der Waals surface area contributed by atoms with Crippen LogP contribution in [0.1, 0.15) is 15.4 Å². The van der Waals surface area contributed by atoms with E-state index in [1.807, 2.05) is 13.0 Å². The van der Waals surface area contributed by atoms with Crippen molar-refractivity contribution in [2.75, 3.05) is 0 Å². The van der Waals surface area contributed by atoms with E-state index in [0.29, 0.717) is 0 Å². The van der Waals surface area contributed by atoms with Crippen LogP contribution < -0.4 is 0 Å². The number of thiophene rings is 1. The van der Waals surface area contributed by atoms with Gasteiger partial charge in [0.05, 0.1) is 4.88 Å². The number of nitrogens with zero attached hydrogens (tertiary/aromatic N) is 1. The minimum Gasteiger partial charge on any atom is -0.476 e. The fourth-order valence-electron chi connectivity index (χ4n) is 1.05. The SMILES string of the molecule is Cc1sc(-c2nc(C(=O)O)cs2)cc1Br. The van der Waals surface area contributed by atoms with Crippen LogP contribution in [0.5, 0.6) is 0 Å². The van der Waals surface area contributed by atoms with Gasteiger partial charge >= 0.3 is 5.97 Å². The predicted molar refractivity (Wildman–Crippen MR) is 64.8 cm³/mol. The number of thiazole rings is 1. The Kier molecular flexibility index (Phi) is 2.90. The summed E-state index contributed by atoms with van der Waals surface area (Å²) in [5.74, 6) is -0.982. The molecule has 2 aromatic heterocycles. The van der Waals surface area contributed by atoms with Crippen LogP contribution in [-0.4, -0.2) is 16.1 Å². The number of carbonyl (C=O) groups is 1. The summed E-state index contributed by atoms with van der Waals surface area (Å²) in [7, 11) is 0. The van der Waals surface area contributed by atoms with Gasteiger partial charge in [-0.3, -0.25) is 0 Å². The van der Waals surface area contributed by atoms with Crippen molar-refractivity contribution in [1.82, 2.24) is 4.98 Å². The number of hydrogen-bond acceptors (Lipinski definition) is 4. The van der Waals surface area contributed by atoms with Crippen LogP contribution in [0.15, 0.2) is 15.9 Å². The van der Waals surface area contributed by atoms with E-state index >= 15 is 0 Å². The first kappa shape index (κ1) is 10.8. The van der Waals surface area contributed by atoms with Gasteiger partial charge in [-0.25, -0.2) is 9.78 Å². The van der Waals surface area contributed by atoms with Crippen molar-refractivity contribution in [1.29, 1.82) is 0 Å². The molecular weight excluding hydrogens is 298 g/mol. The van der Waals surface area contributed by atoms with Gasteiger partial charge in [-0.15, -0.1) is 22.7 Å². The van der Waals surface area contributed by atoms with Crippen LogP contribution in [0.25, 0.3) is 9.88 Å². The van der Waals surface area contributed by atoms with Crippen molar-refractivity contribution < 1.29 is 9.90 Å². The summed E-state index contributed by atoms with van der Waals surface area (Å²) in [6.45, 7) is 2.00. The summed E-state index contributed by atoms with van der Waals surface area (Å²) in [4.78, 5) is 16.9. The van der Waals surface area contributed by atoms with Crippen molar-refractivity contribution in [2.24, 2.45) is 0 Å². The average molecular weight is 304 g/mol. The van der Waals surface area contributed by atoms with Gasteiger partial charge in [0.25, 0.3) is 0 Å². The summed E-state index contributed by atoms with van der Waals surface area (Å²) in [6, 6.07) is 1.96. The van der Waals surface area contributed by atoms with Gasteiger partial charge in [0.1, 0.15) is 5.01 Å². The van der Waals surface area contributed by atoms with Crippen molar-refractivity contribution in [2.45, 2.75) is 6.92 Å². The van der Waals surface area contributed by atoms with Gasteiger partial charge in [0.2, 0.25) is 0 Å². The first-order valence-electron chi connectivity index (χ1n) is 4.03. The monoisotopic (exact) mass is 303 g/mol. The molecule has 1 N–H and O–H groups in total. The van der Waals surface area contributed by atoms with Crippen LogP contribution in [0, 0.1) is 6.92 Å². The van der Waals surface area contributed by atoms with Crippen LogP contribution >= 0.6 is 38.6 Å². The second-order valence-corrected chi connectivity index (χ2v) is 5.83. The third-order valence-electron chi connectivity index (χ3n) is 1.79. The average Bonchev–Trinajstić information content (AvgIpc) is 2.74. The van der Waals surface area contributed by atoms with Gasteiger partial charge in [-0.2, -0.15) is 0 Å². The molecule has 0 spiro atoms. The molecule has 0 aliphatic rings. The second kappa shape index (κ2) is 4.03. The normalized spacial score (nSPS) is 10.5. The first-order chi connectivity index (χ1) is 7.08. The molecule has 0 saturated heterocycles. The number of carboxylic acids is 1. The molecule has 0 bridgehead atoms. The van der Waals surface area contributed by atoms with Crippen molar-refractivity contribution in [3.8, 4) is 9.88 Å². The molecule has 2 aromatic rings. The van der Waals surface area contributed by atoms with E-state index in [-0.39, 0.29) is 5.69 Å². The molecular formula is C9H6BrNO2S2. The van der Waals surface area contributed by atoms with E-state index in [1.54, 1.807) is 16.7 Å². The maximum absolute atomic E-state index is 10.7. The highest BCUT2D eigenvalue weighted by molar-refractivity contribution is 9.10. The minimum absolute atomic E-state index is 0.108. The molecule has 0 fully saturated rings. The Bertz CT molecular complexity index is 498. The van der Waals surface area contributed by atoms with E-state index in [4.69, 9.17) is 5.11 Å². The van der Waals surface area contributed by atoms with E-state index in [9.17, 15) is 4.79 Å². The number of hydrogen-bond donors (Lipinski definition) is 1. The topological polar surface area (TPSA) is 50.2 Å². The Morgan fingerprint density at radius 2 is 2.33 bits per heavy atom. The zero-order valence-corrected chi connectivity index (χ0v) is 10.9. The van der Waals surface area contributed by atoms with Crippen molar-refractivity contribution in [3.63, 3.8) is 0 Å². The molecule has 3 nitrogen and oxygen atoms in total. The van der Waals surface area contributed by atoms with Crippen LogP contribution in [0.2, 0.25) is 0 Å². The summed E-state index contributed by atoms with van der Waals surface area (Å²) >= 11 is 6.37. The molecule has 2 heterocycles. The molecule has 6 heteroatoms. The Balaban J connectivity index is 2.41. The van der Waals surface area contributed by atoms with E-state index in [2.05, 4.69) is 20.9 Å². The van der Waals surface area contributed by atoms with Gasteiger partial charge in [-0.1, -0.05) is 0 Å². The maximum Gasteiger partial charge on any atom is 0.355 e. The van der Waals surface area contributed by atoms with Crippen molar-refractivity contribution >= 4 is 44.6 Å². The molecule has 0 aliphatic heterocycles. The fraction of sp³-hybridized carbons (Fsp3) is 0.111. The van der Waals surface area contributed by atoms with Gasteiger partial charge in [0, 0.05) is 14.7 Å². The van der Waals surface area contributed by atoms with Crippen LogP contribution in [-0.2, 0) is 0 Å². The molecule has 15 heavy (non-hydrogen) atoms. The summed E-state index contributed by atoms with van der Waals surface area (Å²) in [5.41, 5.74) is 0.108. The van der Waals surface area contributed by atoms with E-state index < -0.39 is 5.97 Å². The first-order valence-corrected chi connectivity index (χ1v) is 6.52. The van der Waals surface area contributed by atoms with E-state index in [0.717, 1.165) is 19.2 Å². The molecule has 0 aliphatic carbocycles. The fourth-order valence-corrected chi connectivity index (χ4v) is 3.44. The van der Waals surface area contributed by atoms with Gasteiger partial charge in [-0.05, 0) is 28.9 Å². The predicted octanol–water partition coefficient (Wildman–Crippen LogP) is 3.64. The summed E-state index contributed by atoms with van der Waals surface area (Å²) < 4.78 is 1.04. The number of aromatic nitrogens is 1. The van der Waals surface area contributed by atoms with Crippen LogP contribution in [0.3, 0.4) is 0 Å². The lowest BCUT2D eigenvalue weighted by molar-refractivity contribution is 0.0691. The molecule has 0 amide bonds. The molecule has 0 radical (unpaired) electrons. The standard InChI is InChI=1S/C9H6BrNO2S2/c1-4-5(10)2-7(15-4)8-11-6(3-14-8)9(12)13/h2-3H,1H3,(H,12,13). The minimum atomic E-state index is -0.982. The zero-order chi connectivity index (χ0) is 11.0. The number of carboxylic acid groups (broad SMARTS) is 1. The quantitative estimate of drug-likeness (QED) is 0.921. The number of rotatable bonds is 2. The second-order valence-electron chi connectivity index (χ2n) is 2.86. The number of halogens is 1. The van der Waals surface area contributed by atoms with E-state index in [1.165, 1.54) is 11.3 Å². The molecule has 0 atom stereocenters. The lowest BCUT2D eigenvalue weighted by atomic mass is 10.4. The molecule has 2 rings (SSSR count). The summed E-state index contributed by atoms with van der Waals surface area (Å²) in [5, 5.41) is 11.1. The molecule has 78 valence electrons. The third-order valence-corrected chi connectivity index (χ3v) is 4.94. The third kappa shape index (κ3) is 2.11. The highest BCUT2D eigenvalue weighted by Crippen LogP contribution is 2.35. The highest BCUT2D eigenvalue weighted by atomic mass is 79.9. The largest absolute Gasteiger partial charge is 0.476 e. The summed E-state index contributed by atoms with van der Waals surface area (Å²) in [6.07, 6.45) is 0. The Morgan fingerprint density at radius 3 is 2.80 bits per heavy atom. The Labute approximate surface area is 103 Å². The zero-order valence-electron chi connectivity index (χ0n) is 7.65. The Hall–Kier alpha value is -0.720. The molecule has 0 unspecified atom stereocenters. The van der Waals surface area contributed by atoms with Gasteiger partial charge in [0.15, 0.2) is 5.69 Å². The highest BCUT2D eigenvalue weighted by Gasteiger charge is 2.12. The maximum atomic E-state index is 10.7.